The molecule has 0 aromatic carbocycles. The Labute approximate surface area is 130 Å². The Balaban J connectivity index is 2.12. The minimum Gasteiger partial charge on any atom is -0.468 e. The number of nitrogens with one attached hydrogen (secondary N) is 1. The summed E-state index contributed by atoms with van der Waals surface area (Å²) >= 11 is 0. The summed E-state index contributed by atoms with van der Waals surface area (Å²) in [5.74, 6) is 0.741. The van der Waals surface area contributed by atoms with Crippen molar-refractivity contribution in [2.24, 2.45) is 5.92 Å². The average Bonchev–Trinajstić information content (AvgIpc) is 2.37. The van der Waals surface area contributed by atoms with Crippen LogP contribution in [-0.2, 0) is 14.3 Å². The normalized spacial score (nSPS) is 18.3. The van der Waals surface area contributed by atoms with Crippen molar-refractivity contribution >= 4 is 5.97 Å². The van der Waals surface area contributed by atoms with Crippen molar-refractivity contribution in [1.29, 1.82) is 0 Å². The van der Waals surface area contributed by atoms with Crippen LogP contribution >= 0.6 is 0 Å². The van der Waals surface area contributed by atoms with Gasteiger partial charge >= 0.3 is 5.97 Å². The van der Waals surface area contributed by atoms with Crippen LogP contribution in [0.15, 0.2) is 0 Å². The Kier molecular flexibility index (Phi) is 8.27. The molecular formula is C17H33NO3. The molecule has 1 saturated carbocycles. The molecule has 4 nitrogen and oxygen atoms in total. The molecule has 0 bridgehead atoms. The Hall–Kier alpha value is -0.610. The first-order chi connectivity index (χ1) is 9.98. The van der Waals surface area contributed by atoms with Gasteiger partial charge in [-0.25, -0.2) is 0 Å². The van der Waals surface area contributed by atoms with Crippen molar-refractivity contribution in [3.63, 3.8) is 0 Å². The average molecular weight is 299 g/mol. The molecule has 1 fully saturated rings. The molecule has 0 spiro atoms. The van der Waals surface area contributed by atoms with E-state index in [1.165, 1.54) is 32.8 Å². The van der Waals surface area contributed by atoms with Gasteiger partial charge in [-0.1, -0.05) is 19.3 Å². The lowest BCUT2D eigenvalue weighted by Gasteiger charge is -2.30. The van der Waals surface area contributed by atoms with Crippen LogP contribution in [0, 0.1) is 5.92 Å². The molecule has 1 unspecified atom stereocenters. The molecule has 1 aliphatic rings. The lowest BCUT2D eigenvalue weighted by atomic mass is 9.83. The Morgan fingerprint density at radius 3 is 2.52 bits per heavy atom. The molecule has 0 aromatic rings. The van der Waals surface area contributed by atoms with E-state index in [1.807, 2.05) is 20.8 Å². The summed E-state index contributed by atoms with van der Waals surface area (Å²) in [7, 11) is 1.45. The SMILES string of the molecule is COC(=O)C(C)(CCCCOCCC1CCC1)NC(C)C. The maximum absolute atomic E-state index is 11.9. The fraction of sp³-hybridized carbons (Fsp3) is 0.941. The highest BCUT2D eigenvalue weighted by Gasteiger charge is 2.33. The molecule has 1 N–H and O–H groups in total. The van der Waals surface area contributed by atoms with Gasteiger partial charge in [0, 0.05) is 19.3 Å². The van der Waals surface area contributed by atoms with Crippen LogP contribution in [0.1, 0.15) is 65.7 Å². The topological polar surface area (TPSA) is 47.6 Å². The molecule has 0 heterocycles. The van der Waals surface area contributed by atoms with Crippen molar-refractivity contribution < 1.29 is 14.3 Å². The molecule has 1 aliphatic carbocycles. The molecule has 124 valence electrons. The van der Waals surface area contributed by atoms with Gasteiger partial charge in [-0.05, 0) is 52.4 Å². The van der Waals surface area contributed by atoms with Gasteiger partial charge in [0.15, 0.2) is 0 Å². The first kappa shape index (κ1) is 18.4. The third-order valence-electron chi connectivity index (χ3n) is 4.35. The number of rotatable bonds is 11. The highest BCUT2D eigenvalue weighted by molar-refractivity contribution is 5.80. The van der Waals surface area contributed by atoms with Crippen LogP contribution in [0.4, 0.5) is 0 Å². The summed E-state index contributed by atoms with van der Waals surface area (Å²) in [6.07, 6.45) is 8.15. The minimum absolute atomic E-state index is 0.179. The zero-order valence-electron chi connectivity index (χ0n) is 14.2. The molecule has 0 radical (unpaired) electrons. The molecule has 0 aliphatic heterocycles. The Bertz CT molecular complexity index is 302. The van der Waals surface area contributed by atoms with Gasteiger partial charge in [0.2, 0.25) is 0 Å². The van der Waals surface area contributed by atoms with E-state index in [0.29, 0.717) is 0 Å². The van der Waals surface area contributed by atoms with Gasteiger partial charge in [0.25, 0.3) is 0 Å². The number of esters is 1. The summed E-state index contributed by atoms with van der Waals surface area (Å²) in [6, 6.07) is 0.257. The zero-order valence-corrected chi connectivity index (χ0v) is 14.2. The van der Waals surface area contributed by atoms with Crippen molar-refractivity contribution in [3.8, 4) is 0 Å². The van der Waals surface area contributed by atoms with Crippen molar-refractivity contribution in [2.75, 3.05) is 20.3 Å². The van der Waals surface area contributed by atoms with Crippen LogP contribution in [-0.4, -0.2) is 37.9 Å². The number of carbonyl (C=O) groups excluding carboxylic acids is 1. The molecule has 21 heavy (non-hydrogen) atoms. The molecule has 0 amide bonds. The minimum atomic E-state index is -0.588. The zero-order chi connectivity index (χ0) is 15.7. The molecule has 0 aromatic heterocycles. The van der Waals surface area contributed by atoms with E-state index in [9.17, 15) is 4.79 Å². The first-order valence-corrected chi connectivity index (χ1v) is 8.42. The fourth-order valence-electron chi connectivity index (χ4n) is 2.91. The first-order valence-electron chi connectivity index (χ1n) is 8.42. The second-order valence-corrected chi connectivity index (χ2v) is 6.78. The van der Waals surface area contributed by atoms with Crippen LogP contribution < -0.4 is 5.32 Å². The number of methoxy groups -OCH3 is 1. The van der Waals surface area contributed by atoms with Gasteiger partial charge in [0.05, 0.1) is 7.11 Å². The summed E-state index contributed by atoms with van der Waals surface area (Å²) in [6.45, 7) is 7.71. The predicted octanol–water partition coefficient (Wildman–Crippen LogP) is 3.29. The van der Waals surface area contributed by atoms with E-state index in [2.05, 4.69) is 5.32 Å². The van der Waals surface area contributed by atoms with Gasteiger partial charge in [0.1, 0.15) is 5.54 Å². The number of ether oxygens (including phenoxy) is 2. The van der Waals surface area contributed by atoms with Gasteiger partial charge in [-0.2, -0.15) is 0 Å². The lowest BCUT2D eigenvalue weighted by molar-refractivity contribution is -0.148. The molecule has 4 heteroatoms. The number of unbranched alkanes of at least 4 members (excludes halogenated alkanes) is 1. The van der Waals surface area contributed by atoms with Gasteiger partial charge in [-0.3, -0.25) is 10.1 Å². The second-order valence-electron chi connectivity index (χ2n) is 6.78. The predicted molar refractivity (Wildman–Crippen MR) is 85.3 cm³/mol. The molecule has 0 saturated heterocycles. The summed E-state index contributed by atoms with van der Waals surface area (Å²) in [5, 5.41) is 3.32. The van der Waals surface area contributed by atoms with Crippen LogP contribution in [0.25, 0.3) is 0 Å². The Morgan fingerprint density at radius 1 is 1.29 bits per heavy atom. The van der Waals surface area contributed by atoms with E-state index in [-0.39, 0.29) is 12.0 Å². The maximum Gasteiger partial charge on any atom is 0.325 e. The van der Waals surface area contributed by atoms with Crippen molar-refractivity contribution in [2.45, 2.75) is 77.3 Å². The second kappa shape index (κ2) is 9.42. The summed E-state index contributed by atoms with van der Waals surface area (Å²) in [4.78, 5) is 11.9. The van der Waals surface area contributed by atoms with E-state index >= 15 is 0 Å². The summed E-state index contributed by atoms with van der Waals surface area (Å²) < 4.78 is 10.6. The molecule has 1 atom stereocenters. The van der Waals surface area contributed by atoms with Gasteiger partial charge < -0.3 is 9.47 Å². The van der Waals surface area contributed by atoms with Crippen LogP contribution in [0.3, 0.4) is 0 Å². The van der Waals surface area contributed by atoms with Crippen LogP contribution in [0.5, 0.6) is 0 Å². The Morgan fingerprint density at radius 2 is 2.00 bits per heavy atom. The fourth-order valence-corrected chi connectivity index (χ4v) is 2.91. The number of hydrogen-bond acceptors (Lipinski definition) is 4. The highest BCUT2D eigenvalue weighted by Crippen LogP contribution is 2.29. The van der Waals surface area contributed by atoms with E-state index < -0.39 is 5.54 Å². The van der Waals surface area contributed by atoms with E-state index in [1.54, 1.807) is 0 Å². The quantitative estimate of drug-likeness (QED) is 0.470. The lowest BCUT2D eigenvalue weighted by Crippen LogP contribution is -2.52. The third kappa shape index (κ3) is 6.79. The standard InChI is InChI=1S/C17H33NO3/c1-14(2)18-17(3,16(19)20-4)11-5-6-12-21-13-10-15-8-7-9-15/h14-15,18H,5-13H2,1-4H3. The number of hydrogen-bond donors (Lipinski definition) is 1. The largest absolute Gasteiger partial charge is 0.468 e. The van der Waals surface area contributed by atoms with Gasteiger partial charge in [-0.15, -0.1) is 0 Å². The van der Waals surface area contributed by atoms with E-state index in [4.69, 9.17) is 9.47 Å². The monoisotopic (exact) mass is 299 g/mol. The van der Waals surface area contributed by atoms with Crippen LogP contribution in [0.2, 0.25) is 0 Å². The smallest absolute Gasteiger partial charge is 0.325 e. The van der Waals surface area contributed by atoms with Crippen molar-refractivity contribution in [3.05, 3.63) is 0 Å². The third-order valence-corrected chi connectivity index (χ3v) is 4.35. The van der Waals surface area contributed by atoms with Crippen molar-refractivity contribution in [1.82, 2.24) is 5.32 Å². The van der Waals surface area contributed by atoms with E-state index in [0.717, 1.165) is 38.4 Å². The molecule has 1 rings (SSSR count). The molecular weight excluding hydrogens is 266 g/mol. The number of carbonyl (C=O) groups is 1. The highest BCUT2D eigenvalue weighted by atomic mass is 16.5. The summed E-state index contributed by atoms with van der Waals surface area (Å²) in [5.41, 5.74) is -0.588. The maximum atomic E-state index is 11.9.